The van der Waals surface area contributed by atoms with Crippen LogP contribution in [0, 0.1) is 10.1 Å². The Morgan fingerprint density at radius 1 is 1.73 bits per heavy atom. The summed E-state index contributed by atoms with van der Waals surface area (Å²) in [5.74, 6) is -1.14. The van der Waals surface area contributed by atoms with Crippen molar-refractivity contribution in [1.82, 2.24) is 0 Å². The van der Waals surface area contributed by atoms with Crippen molar-refractivity contribution in [2.75, 3.05) is 7.11 Å². The molecule has 82 valence electrons. The highest BCUT2D eigenvalue weighted by atomic mass is 16.6. The molecule has 0 bridgehead atoms. The maximum atomic E-state index is 10.8. The molecule has 0 aromatic carbocycles. The number of esters is 1. The second-order valence-corrected chi connectivity index (χ2v) is 2.73. The zero-order valence-electron chi connectivity index (χ0n) is 7.87. The van der Waals surface area contributed by atoms with Crippen LogP contribution in [-0.4, -0.2) is 23.1 Å². The second-order valence-electron chi connectivity index (χ2n) is 2.73. The van der Waals surface area contributed by atoms with E-state index in [1.165, 1.54) is 13.2 Å². The van der Waals surface area contributed by atoms with E-state index in [-0.39, 0.29) is 12.2 Å². The number of hydrogen-bond acceptors (Lipinski definition) is 6. The van der Waals surface area contributed by atoms with Crippen LogP contribution < -0.4 is 0 Å². The molecular weight excluding hydrogens is 206 g/mol. The molecule has 7 heteroatoms. The number of furan rings is 1. The second kappa shape index (κ2) is 4.56. The Hall–Kier alpha value is -1.89. The van der Waals surface area contributed by atoms with E-state index in [9.17, 15) is 20.0 Å². The third kappa shape index (κ3) is 2.78. The number of hydrogen-bond donors (Lipinski definition) is 1. The van der Waals surface area contributed by atoms with Crippen LogP contribution in [0.2, 0.25) is 0 Å². The first-order chi connectivity index (χ1) is 7.04. The minimum atomic E-state index is -1.23. The summed E-state index contributed by atoms with van der Waals surface area (Å²) >= 11 is 0. The summed E-state index contributed by atoms with van der Waals surface area (Å²) in [7, 11) is 1.18. The summed E-state index contributed by atoms with van der Waals surface area (Å²) in [6.07, 6.45) is -1.53. The molecule has 1 aromatic rings. The quantitative estimate of drug-likeness (QED) is 0.452. The van der Waals surface area contributed by atoms with Gasteiger partial charge in [-0.2, -0.15) is 0 Å². The number of rotatable bonds is 4. The molecular formula is C8H9NO6. The van der Waals surface area contributed by atoms with E-state index in [2.05, 4.69) is 4.74 Å². The lowest BCUT2D eigenvalue weighted by atomic mass is 10.2. The molecule has 1 atom stereocenters. The van der Waals surface area contributed by atoms with E-state index in [4.69, 9.17) is 4.42 Å². The smallest absolute Gasteiger partial charge is 0.433 e. The van der Waals surface area contributed by atoms with Gasteiger partial charge in [0, 0.05) is 0 Å². The fourth-order valence-electron chi connectivity index (χ4n) is 0.961. The lowest BCUT2D eigenvalue weighted by molar-refractivity contribution is -0.402. The molecule has 7 nitrogen and oxygen atoms in total. The molecule has 0 amide bonds. The van der Waals surface area contributed by atoms with E-state index in [1.807, 2.05) is 0 Å². The van der Waals surface area contributed by atoms with E-state index in [1.54, 1.807) is 0 Å². The fourth-order valence-corrected chi connectivity index (χ4v) is 0.961. The number of aliphatic hydroxyl groups is 1. The maximum Gasteiger partial charge on any atom is 0.433 e. The van der Waals surface area contributed by atoms with Crippen LogP contribution in [0.5, 0.6) is 0 Å². The van der Waals surface area contributed by atoms with Gasteiger partial charge in [0.25, 0.3) is 0 Å². The Labute approximate surface area is 84.4 Å². The SMILES string of the molecule is COC(=O)C[C@H](O)c1ccc([N+](=O)[O-])o1. The summed E-state index contributed by atoms with van der Waals surface area (Å²) in [5.41, 5.74) is 0. The van der Waals surface area contributed by atoms with Gasteiger partial charge >= 0.3 is 11.9 Å². The van der Waals surface area contributed by atoms with Crippen LogP contribution in [0.15, 0.2) is 16.5 Å². The highest BCUT2D eigenvalue weighted by Gasteiger charge is 2.20. The van der Waals surface area contributed by atoms with Crippen molar-refractivity contribution in [2.45, 2.75) is 12.5 Å². The van der Waals surface area contributed by atoms with Crippen molar-refractivity contribution in [3.8, 4) is 0 Å². The van der Waals surface area contributed by atoms with Gasteiger partial charge in [0.15, 0.2) is 0 Å². The third-order valence-corrected chi connectivity index (χ3v) is 1.71. The molecule has 15 heavy (non-hydrogen) atoms. The molecule has 0 saturated carbocycles. The molecule has 0 radical (unpaired) electrons. The molecule has 0 fully saturated rings. The molecule has 0 aliphatic heterocycles. The Morgan fingerprint density at radius 2 is 2.40 bits per heavy atom. The number of ether oxygens (including phenoxy) is 1. The molecule has 0 unspecified atom stereocenters. The molecule has 1 heterocycles. The van der Waals surface area contributed by atoms with Crippen LogP contribution in [-0.2, 0) is 9.53 Å². The molecule has 0 spiro atoms. The molecule has 1 rings (SSSR count). The van der Waals surface area contributed by atoms with Crippen molar-refractivity contribution in [3.05, 3.63) is 28.0 Å². The Bertz CT molecular complexity index is 371. The zero-order chi connectivity index (χ0) is 11.4. The maximum absolute atomic E-state index is 10.8. The van der Waals surface area contributed by atoms with Crippen molar-refractivity contribution < 1.29 is 24.0 Å². The summed E-state index contributed by atoms with van der Waals surface area (Å²) in [6.45, 7) is 0. The van der Waals surface area contributed by atoms with Crippen LogP contribution in [0.4, 0.5) is 5.88 Å². The highest BCUT2D eigenvalue weighted by Crippen LogP contribution is 2.23. The van der Waals surface area contributed by atoms with Crippen molar-refractivity contribution in [3.63, 3.8) is 0 Å². The van der Waals surface area contributed by atoms with E-state index in [0.29, 0.717) is 0 Å². The fraction of sp³-hybridized carbons (Fsp3) is 0.375. The number of nitro groups is 1. The number of nitrogens with zero attached hydrogens (tertiary/aromatic N) is 1. The van der Waals surface area contributed by atoms with Gasteiger partial charge < -0.3 is 14.3 Å². The van der Waals surface area contributed by atoms with Gasteiger partial charge in [0.05, 0.1) is 19.6 Å². The topological polar surface area (TPSA) is 103 Å². The molecule has 0 saturated heterocycles. The lowest BCUT2D eigenvalue weighted by Gasteiger charge is -2.04. The van der Waals surface area contributed by atoms with E-state index in [0.717, 1.165) is 6.07 Å². The first-order valence-electron chi connectivity index (χ1n) is 4.03. The third-order valence-electron chi connectivity index (χ3n) is 1.71. The lowest BCUT2D eigenvalue weighted by Crippen LogP contribution is -2.07. The summed E-state index contributed by atoms with van der Waals surface area (Å²) in [5, 5.41) is 19.7. The average molecular weight is 215 g/mol. The largest absolute Gasteiger partial charge is 0.469 e. The number of methoxy groups -OCH3 is 1. The standard InChI is InChI=1S/C8H9NO6/c1-14-8(11)4-5(10)6-2-3-7(15-6)9(12)13/h2-3,5,10H,4H2,1H3/t5-/m0/s1. The summed E-state index contributed by atoms with van der Waals surface area (Å²) in [4.78, 5) is 20.3. The van der Waals surface area contributed by atoms with Crippen molar-refractivity contribution in [1.29, 1.82) is 0 Å². The number of carbonyl (C=O) groups is 1. The molecule has 0 aliphatic carbocycles. The van der Waals surface area contributed by atoms with Gasteiger partial charge in [-0.3, -0.25) is 14.9 Å². The van der Waals surface area contributed by atoms with Crippen molar-refractivity contribution >= 4 is 11.9 Å². The van der Waals surface area contributed by atoms with E-state index >= 15 is 0 Å². The molecule has 0 aliphatic rings. The minimum absolute atomic E-state index is 0.0351. The van der Waals surface area contributed by atoms with Gasteiger partial charge in [0.2, 0.25) is 0 Å². The van der Waals surface area contributed by atoms with Gasteiger partial charge in [-0.15, -0.1) is 0 Å². The van der Waals surface area contributed by atoms with Gasteiger partial charge in [-0.05, 0) is 6.07 Å². The minimum Gasteiger partial charge on any atom is -0.469 e. The van der Waals surface area contributed by atoms with Crippen LogP contribution in [0.1, 0.15) is 18.3 Å². The monoisotopic (exact) mass is 215 g/mol. The number of carbonyl (C=O) groups excluding carboxylic acids is 1. The summed E-state index contributed by atoms with van der Waals surface area (Å²) < 4.78 is 9.02. The van der Waals surface area contributed by atoms with Gasteiger partial charge in [-0.25, -0.2) is 0 Å². The average Bonchev–Trinajstić information content (AvgIpc) is 2.66. The molecule has 1 aromatic heterocycles. The van der Waals surface area contributed by atoms with Crippen LogP contribution in [0.3, 0.4) is 0 Å². The Morgan fingerprint density at radius 3 is 2.87 bits per heavy atom. The Kier molecular flexibility index (Phi) is 3.40. The summed E-state index contributed by atoms with van der Waals surface area (Å²) in [6, 6.07) is 2.35. The first kappa shape index (κ1) is 11.2. The normalized spacial score (nSPS) is 12.1. The van der Waals surface area contributed by atoms with E-state index < -0.39 is 22.9 Å². The number of aliphatic hydroxyl groups excluding tert-OH is 1. The molecule has 1 N–H and O–H groups in total. The highest BCUT2D eigenvalue weighted by molar-refractivity contribution is 5.69. The van der Waals surface area contributed by atoms with Crippen LogP contribution in [0.25, 0.3) is 0 Å². The Balaban J connectivity index is 2.69. The zero-order valence-corrected chi connectivity index (χ0v) is 7.87. The van der Waals surface area contributed by atoms with Gasteiger partial charge in [-0.1, -0.05) is 0 Å². The van der Waals surface area contributed by atoms with Crippen LogP contribution >= 0.6 is 0 Å². The van der Waals surface area contributed by atoms with Crippen molar-refractivity contribution in [2.24, 2.45) is 0 Å². The van der Waals surface area contributed by atoms with Gasteiger partial charge in [0.1, 0.15) is 16.8 Å². The first-order valence-corrected chi connectivity index (χ1v) is 4.03. The predicted molar refractivity (Wildman–Crippen MR) is 47.0 cm³/mol. The predicted octanol–water partition coefficient (Wildman–Crippen LogP) is 0.784.